The number of esters is 1. The molecule has 5 nitrogen and oxygen atoms in total. The molecule has 0 aliphatic rings. The van der Waals surface area contributed by atoms with Crippen molar-refractivity contribution in [2.24, 2.45) is 0 Å². The number of halogens is 2. The molecule has 0 saturated heterocycles. The SMILES string of the molecule is CC(=O)NCc1ccc(C(=O)C(C)OC(=O)c2cc(Cl)cc(Cl)c2)s1. The number of carbonyl (C=O) groups excluding carboxylic acids is 3. The van der Waals surface area contributed by atoms with Gasteiger partial charge >= 0.3 is 5.97 Å². The smallest absolute Gasteiger partial charge is 0.338 e. The zero-order valence-corrected chi connectivity index (χ0v) is 15.8. The summed E-state index contributed by atoms with van der Waals surface area (Å²) in [6, 6.07) is 7.73. The molecule has 1 amide bonds. The summed E-state index contributed by atoms with van der Waals surface area (Å²) in [7, 11) is 0. The van der Waals surface area contributed by atoms with Crippen molar-refractivity contribution in [3.63, 3.8) is 0 Å². The zero-order valence-electron chi connectivity index (χ0n) is 13.5. The van der Waals surface area contributed by atoms with E-state index in [0.29, 0.717) is 21.5 Å². The highest BCUT2D eigenvalue weighted by atomic mass is 35.5. The average molecular weight is 400 g/mol. The van der Waals surface area contributed by atoms with Crippen LogP contribution in [0.15, 0.2) is 30.3 Å². The predicted molar refractivity (Wildman–Crippen MR) is 97.5 cm³/mol. The predicted octanol–water partition coefficient (Wildman–Crippen LogP) is 4.12. The summed E-state index contributed by atoms with van der Waals surface area (Å²) in [5, 5.41) is 3.27. The quantitative estimate of drug-likeness (QED) is 0.585. The van der Waals surface area contributed by atoms with Crippen LogP contribution in [0.1, 0.15) is 38.8 Å². The topological polar surface area (TPSA) is 72.5 Å². The maximum atomic E-state index is 12.4. The lowest BCUT2D eigenvalue weighted by Gasteiger charge is -2.11. The lowest BCUT2D eigenvalue weighted by molar-refractivity contribution is -0.119. The molecule has 1 unspecified atom stereocenters. The third-order valence-electron chi connectivity index (χ3n) is 3.17. The van der Waals surface area contributed by atoms with Gasteiger partial charge in [-0.3, -0.25) is 9.59 Å². The Hall–Kier alpha value is -1.89. The number of Topliss-reactive ketones (excluding diaryl/α,β-unsaturated/α-hetero) is 1. The second-order valence-corrected chi connectivity index (χ2v) is 7.29. The van der Waals surface area contributed by atoms with Crippen molar-refractivity contribution < 1.29 is 19.1 Å². The number of nitrogens with one attached hydrogen (secondary N) is 1. The number of carbonyl (C=O) groups is 3. The minimum atomic E-state index is -0.961. The molecule has 0 aliphatic carbocycles. The van der Waals surface area contributed by atoms with E-state index in [0.717, 1.165) is 4.88 Å². The van der Waals surface area contributed by atoms with Gasteiger partial charge in [-0.2, -0.15) is 0 Å². The van der Waals surface area contributed by atoms with Gasteiger partial charge in [0.15, 0.2) is 6.10 Å². The Balaban J connectivity index is 2.02. The van der Waals surface area contributed by atoms with Crippen molar-refractivity contribution in [2.75, 3.05) is 0 Å². The number of ether oxygens (including phenoxy) is 1. The fourth-order valence-electron chi connectivity index (χ4n) is 1.97. The third kappa shape index (κ3) is 5.56. The number of amides is 1. The van der Waals surface area contributed by atoms with Gasteiger partial charge in [-0.25, -0.2) is 4.79 Å². The van der Waals surface area contributed by atoms with E-state index in [4.69, 9.17) is 27.9 Å². The standard InChI is InChI=1S/C17H15Cl2NO4S/c1-9(24-17(23)11-5-12(18)7-13(19)6-11)16(22)15-4-3-14(25-15)8-20-10(2)21/h3-7,9H,8H2,1-2H3,(H,20,21). The molecule has 2 rings (SSSR count). The van der Waals surface area contributed by atoms with E-state index in [1.165, 1.54) is 43.4 Å². The number of hydrogen-bond donors (Lipinski definition) is 1. The zero-order chi connectivity index (χ0) is 18.6. The maximum Gasteiger partial charge on any atom is 0.338 e. The average Bonchev–Trinajstić information content (AvgIpc) is 3.00. The molecule has 8 heteroatoms. The van der Waals surface area contributed by atoms with Gasteiger partial charge in [-0.15, -0.1) is 11.3 Å². The Bertz CT molecular complexity index is 798. The third-order valence-corrected chi connectivity index (χ3v) is 4.70. The molecule has 0 spiro atoms. The van der Waals surface area contributed by atoms with Crippen LogP contribution in [0.4, 0.5) is 0 Å². The molecular formula is C17H15Cl2NO4S. The first-order valence-corrected chi connectivity index (χ1v) is 8.88. The summed E-state index contributed by atoms with van der Waals surface area (Å²) in [4.78, 5) is 36.7. The largest absolute Gasteiger partial charge is 0.451 e. The second-order valence-electron chi connectivity index (χ2n) is 5.25. The van der Waals surface area contributed by atoms with E-state index < -0.39 is 12.1 Å². The van der Waals surface area contributed by atoms with Crippen LogP contribution in [0.25, 0.3) is 0 Å². The molecule has 0 fully saturated rings. The van der Waals surface area contributed by atoms with Crippen molar-refractivity contribution in [2.45, 2.75) is 26.5 Å². The van der Waals surface area contributed by atoms with E-state index in [1.807, 2.05) is 0 Å². The van der Waals surface area contributed by atoms with Crippen LogP contribution in [0.2, 0.25) is 10.0 Å². The lowest BCUT2D eigenvalue weighted by atomic mass is 10.2. The Morgan fingerprint density at radius 1 is 1.16 bits per heavy atom. The van der Waals surface area contributed by atoms with Gasteiger partial charge < -0.3 is 10.1 Å². The van der Waals surface area contributed by atoms with Crippen LogP contribution in [0, 0.1) is 0 Å². The van der Waals surface area contributed by atoms with Gasteiger partial charge in [0.05, 0.1) is 17.0 Å². The van der Waals surface area contributed by atoms with Crippen LogP contribution in [-0.2, 0) is 16.1 Å². The first-order valence-electron chi connectivity index (χ1n) is 7.30. The van der Waals surface area contributed by atoms with Crippen LogP contribution < -0.4 is 5.32 Å². The molecule has 0 bridgehead atoms. The van der Waals surface area contributed by atoms with E-state index in [2.05, 4.69) is 5.32 Å². The van der Waals surface area contributed by atoms with Gasteiger partial charge in [-0.1, -0.05) is 23.2 Å². The van der Waals surface area contributed by atoms with Crippen molar-refractivity contribution in [3.05, 3.63) is 55.7 Å². The van der Waals surface area contributed by atoms with Crippen molar-refractivity contribution in [1.29, 1.82) is 0 Å². The maximum absolute atomic E-state index is 12.4. The first kappa shape index (κ1) is 19.4. The van der Waals surface area contributed by atoms with Crippen LogP contribution in [0.3, 0.4) is 0 Å². The summed E-state index contributed by atoms with van der Waals surface area (Å²) in [6.07, 6.45) is -0.961. The molecule has 1 atom stereocenters. The Kier molecular flexibility index (Phi) is 6.58. The van der Waals surface area contributed by atoms with Crippen LogP contribution >= 0.6 is 34.5 Å². The summed E-state index contributed by atoms with van der Waals surface area (Å²) in [5.41, 5.74) is 0.176. The molecule has 0 aliphatic heterocycles. The number of thiophene rings is 1. The number of benzene rings is 1. The highest BCUT2D eigenvalue weighted by molar-refractivity contribution is 7.14. The van der Waals surface area contributed by atoms with Crippen molar-refractivity contribution in [1.82, 2.24) is 5.32 Å². The van der Waals surface area contributed by atoms with Crippen molar-refractivity contribution in [3.8, 4) is 0 Å². The van der Waals surface area contributed by atoms with Gasteiger partial charge in [-0.05, 0) is 37.3 Å². The van der Waals surface area contributed by atoms with E-state index in [9.17, 15) is 14.4 Å². The minimum Gasteiger partial charge on any atom is -0.451 e. The molecule has 1 aromatic carbocycles. The number of ketones is 1. The lowest BCUT2D eigenvalue weighted by Crippen LogP contribution is -2.23. The Labute approximate surface area is 158 Å². The summed E-state index contributed by atoms with van der Waals surface area (Å²) in [5.74, 6) is -1.15. The van der Waals surface area contributed by atoms with Gasteiger partial charge in [0.1, 0.15) is 0 Å². The van der Waals surface area contributed by atoms with E-state index >= 15 is 0 Å². The van der Waals surface area contributed by atoms with E-state index in [-0.39, 0.29) is 17.3 Å². The molecule has 1 heterocycles. The van der Waals surface area contributed by atoms with E-state index in [1.54, 1.807) is 12.1 Å². The Morgan fingerprint density at radius 2 is 1.80 bits per heavy atom. The number of hydrogen-bond acceptors (Lipinski definition) is 5. The van der Waals surface area contributed by atoms with Gasteiger partial charge in [0, 0.05) is 21.8 Å². The molecule has 25 heavy (non-hydrogen) atoms. The molecule has 132 valence electrons. The summed E-state index contributed by atoms with van der Waals surface area (Å²) < 4.78 is 5.20. The Morgan fingerprint density at radius 3 is 2.40 bits per heavy atom. The van der Waals surface area contributed by atoms with Crippen LogP contribution in [0.5, 0.6) is 0 Å². The number of rotatable bonds is 6. The molecule has 1 N–H and O–H groups in total. The second kappa shape index (κ2) is 8.47. The fraction of sp³-hybridized carbons (Fsp3) is 0.235. The van der Waals surface area contributed by atoms with Gasteiger partial charge in [0.25, 0.3) is 0 Å². The normalized spacial score (nSPS) is 11.7. The summed E-state index contributed by atoms with van der Waals surface area (Å²) >= 11 is 13.0. The minimum absolute atomic E-state index is 0.149. The molecule has 0 saturated carbocycles. The molecular weight excluding hydrogens is 385 g/mol. The molecule has 2 aromatic rings. The highest BCUT2D eigenvalue weighted by Crippen LogP contribution is 2.22. The first-order chi connectivity index (χ1) is 11.8. The fourth-order valence-corrected chi connectivity index (χ4v) is 3.46. The van der Waals surface area contributed by atoms with Crippen molar-refractivity contribution >= 4 is 52.2 Å². The monoisotopic (exact) mass is 399 g/mol. The van der Waals surface area contributed by atoms with Crippen LogP contribution in [-0.4, -0.2) is 23.8 Å². The molecule has 1 aromatic heterocycles. The highest BCUT2D eigenvalue weighted by Gasteiger charge is 2.22. The summed E-state index contributed by atoms with van der Waals surface area (Å²) in [6.45, 7) is 3.27. The van der Waals surface area contributed by atoms with Gasteiger partial charge in [0.2, 0.25) is 11.7 Å². The molecule has 0 radical (unpaired) electrons.